The molecule has 0 aliphatic heterocycles. The number of phenolic OH excluding ortho intramolecular Hbond substituents is 1. The first kappa shape index (κ1) is 29.7. The van der Waals surface area contributed by atoms with Gasteiger partial charge in [0.05, 0.1) is 33.3 Å². The summed E-state index contributed by atoms with van der Waals surface area (Å²) in [6.07, 6.45) is 0.422. The second kappa shape index (κ2) is 15.5. The van der Waals surface area contributed by atoms with Crippen molar-refractivity contribution < 1.29 is 37.1 Å². The van der Waals surface area contributed by atoms with Crippen molar-refractivity contribution in [2.45, 2.75) is 58.8 Å². The number of pyridine rings is 1. The SMILES string of the molecule is [2H]c1nc(-c2[c-]c(-c3cccc4c3nc(-c3ccccc3O)n4-c3ccc(C(C)(C)CC)cc3-c3ccccc3)cc(C(C)(C)C)c2)c([2H])c(-c2c([2H])c([2H])c([2H])c([2H])c2[2H])c1[2H].[Pt]. The van der Waals surface area contributed by atoms with Gasteiger partial charge in [0.1, 0.15) is 11.6 Å². The van der Waals surface area contributed by atoms with E-state index in [1.807, 2.05) is 81.4 Å². The van der Waals surface area contributed by atoms with Gasteiger partial charge in [-0.05, 0) is 75.9 Å². The fourth-order valence-corrected chi connectivity index (χ4v) is 6.83. The maximum Gasteiger partial charge on any atom is 0.148 e. The molecule has 5 heteroatoms. The van der Waals surface area contributed by atoms with Crippen molar-refractivity contribution in [3.05, 3.63) is 169 Å². The second-order valence-corrected chi connectivity index (χ2v) is 15.4. The summed E-state index contributed by atoms with van der Waals surface area (Å²) in [4.78, 5) is 9.74. The molecule has 0 fully saturated rings. The third-order valence-corrected chi connectivity index (χ3v) is 10.4. The van der Waals surface area contributed by atoms with E-state index in [4.69, 9.17) is 14.6 Å². The molecule has 0 unspecified atom stereocenters. The fourth-order valence-electron chi connectivity index (χ4n) is 6.83. The zero-order valence-corrected chi connectivity index (χ0v) is 34.4. The number of aromatic hydroxyl groups is 1. The average Bonchev–Trinajstić information content (AvgIpc) is 3.66. The van der Waals surface area contributed by atoms with Gasteiger partial charge in [0, 0.05) is 38.5 Å². The molecule has 6 aromatic carbocycles. The topological polar surface area (TPSA) is 50.9 Å². The predicted octanol–water partition coefficient (Wildman–Crippen LogP) is 13.2. The minimum Gasteiger partial charge on any atom is -0.507 e. The Morgan fingerprint density at radius 2 is 1.41 bits per heavy atom. The van der Waals surface area contributed by atoms with Gasteiger partial charge in [-0.3, -0.25) is 9.55 Å². The summed E-state index contributed by atoms with van der Waals surface area (Å²) in [5.41, 5.74) is 7.25. The van der Waals surface area contributed by atoms with Gasteiger partial charge in [-0.2, -0.15) is 0 Å². The first-order chi connectivity index (χ1) is 29.8. The van der Waals surface area contributed by atoms with Crippen LogP contribution in [0.25, 0.3) is 72.7 Å². The molecule has 282 valence electrons. The van der Waals surface area contributed by atoms with Crippen molar-refractivity contribution in [2.24, 2.45) is 0 Å². The van der Waals surface area contributed by atoms with Crippen LogP contribution in [0.2, 0.25) is 0 Å². The molecule has 0 saturated carbocycles. The van der Waals surface area contributed by atoms with Gasteiger partial charge in [-0.1, -0.05) is 150 Å². The fraction of sp³-hybridized carbons (Fsp3) is 0.176. The molecular formula is C51H46N3OPt-. The third kappa shape index (κ3) is 7.39. The van der Waals surface area contributed by atoms with Crippen molar-refractivity contribution in [3.63, 3.8) is 0 Å². The summed E-state index contributed by atoms with van der Waals surface area (Å²) >= 11 is 0. The molecule has 0 saturated heterocycles. The molecule has 2 heterocycles. The maximum atomic E-state index is 11.4. The molecule has 0 amide bonds. The van der Waals surface area contributed by atoms with Crippen molar-refractivity contribution in [3.8, 4) is 67.5 Å². The number of hydrogen-bond donors (Lipinski definition) is 1. The van der Waals surface area contributed by atoms with Crippen LogP contribution in [0.1, 0.15) is 70.1 Å². The molecule has 0 atom stereocenters. The number of para-hydroxylation sites is 2. The Kier molecular flexibility index (Phi) is 8.23. The standard InChI is InChI=1S/C51H46N3O.Pt/c1-7-51(5,6)39-25-26-45(43(33-39)35-19-12-9-13-20-35)54-46-23-16-22-41(48(46)53-49(54)42-21-14-15-24-47(42)55)37-29-38(31-40(30-37)50(2,3)4)44-32-36(27-28-52-44)34-17-10-8-11-18-34;/h8-28,30-33,55H,7H2,1-6H3;/q-1;/i8D,10D,11D,17D,18D,27D,28D,32D;. The van der Waals surface area contributed by atoms with Crippen molar-refractivity contribution in [1.29, 1.82) is 0 Å². The molecule has 4 nitrogen and oxygen atoms in total. The molecule has 56 heavy (non-hydrogen) atoms. The molecule has 8 rings (SSSR count). The van der Waals surface area contributed by atoms with Crippen molar-refractivity contribution in [2.75, 3.05) is 0 Å². The van der Waals surface area contributed by atoms with Gasteiger partial charge < -0.3 is 5.11 Å². The minimum absolute atomic E-state index is 0. The van der Waals surface area contributed by atoms with Crippen LogP contribution in [0, 0.1) is 6.07 Å². The Morgan fingerprint density at radius 1 is 0.696 bits per heavy atom. The summed E-state index contributed by atoms with van der Waals surface area (Å²) in [7, 11) is 0. The van der Waals surface area contributed by atoms with Crippen LogP contribution >= 0.6 is 0 Å². The maximum absolute atomic E-state index is 11.4. The van der Waals surface area contributed by atoms with E-state index in [1.54, 1.807) is 12.1 Å². The monoisotopic (exact) mass is 919 g/mol. The zero-order chi connectivity index (χ0) is 45.3. The predicted molar refractivity (Wildman–Crippen MR) is 229 cm³/mol. The summed E-state index contributed by atoms with van der Waals surface area (Å²) in [6.45, 7) is 12.8. The van der Waals surface area contributed by atoms with Gasteiger partial charge in [0.25, 0.3) is 0 Å². The molecule has 0 aliphatic carbocycles. The summed E-state index contributed by atoms with van der Waals surface area (Å²) in [5, 5.41) is 11.4. The summed E-state index contributed by atoms with van der Waals surface area (Å²) in [5.74, 6) is 0.586. The first-order valence-electron chi connectivity index (χ1n) is 22.5. The van der Waals surface area contributed by atoms with Crippen LogP contribution < -0.4 is 0 Å². The number of rotatable bonds is 8. The van der Waals surface area contributed by atoms with Gasteiger partial charge in [0.2, 0.25) is 0 Å². The van der Waals surface area contributed by atoms with E-state index in [0.717, 1.165) is 34.3 Å². The smallest absolute Gasteiger partial charge is 0.148 e. The van der Waals surface area contributed by atoms with E-state index in [2.05, 4.69) is 66.7 Å². The number of benzene rings is 6. The molecular weight excluding hydrogens is 866 g/mol. The molecule has 0 spiro atoms. The Hall–Kier alpha value is -5.57. The zero-order valence-electron chi connectivity index (χ0n) is 40.1. The number of phenols is 1. The largest absolute Gasteiger partial charge is 0.507 e. The molecule has 0 radical (unpaired) electrons. The van der Waals surface area contributed by atoms with Crippen LogP contribution in [-0.4, -0.2) is 19.6 Å². The van der Waals surface area contributed by atoms with Gasteiger partial charge in [0.15, 0.2) is 0 Å². The second-order valence-electron chi connectivity index (χ2n) is 15.4. The Morgan fingerprint density at radius 3 is 2.14 bits per heavy atom. The van der Waals surface area contributed by atoms with E-state index in [1.165, 1.54) is 5.56 Å². The van der Waals surface area contributed by atoms with Crippen molar-refractivity contribution in [1.82, 2.24) is 14.5 Å². The number of imidazole rings is 1. The summed E-state index contributed by atoms with van der Waals surface area (Å²) in [6, 6.07) is 33.2. The number of nitrogens with zero attached hydrogens (tertiary/aromatic N) is 3. The van der Waals surface area contributed by atoms with Crippen LogP contribution in [0.3, 0.4) is 0 Å². The van der Waals surface area contributed by atoms with E-state index >= 15 is 0 Å². The molecule has 8 aromatic rings. The summed E-state index contributed by atoms with van der Waals surface area (Å²) < 4.78 is 71.1. The third-order valence-electron chi connectivity index (χ3n) is 10.4. The number of hydrogen-bond acceptors (Lipinski definition) is 3. The molecule has 1 N–H and O–H groups in total. The number of aromatic nitrogens is 3. The van der Waals surface area contributed by atoms with Crippen molar-refractivity contribution >= 4 is 11.0 Å². The van der Waals surface area contributed by atoms with E-state index in [-0.39, 0.29) is 55.1 Å². The average molecular weight is 920 g/mol. The number of fused-ring (bicyclic) bond motifs is 1. The first-order valence-corrected chi connectivity index (χ1v) is 18.5. The van der Waals surface area contributed by atoms with Crippen LogP contribution in [0.15, 0.2) is 152 Å². The van der Waals surface area contributed by atoms with Gasteiger partial charge in [-0.15, -0.1) is 29.3 Å². The quantitative estimate of drug-likeness (QED) is 0.155. The minimum atomic E-state index is -0.606. The van der Waals surface area contributed by atoms with Crippen LogP contribution in [0.5, 0.6) is 5.75 Å². The van der Waals surface area contributed by atoms with Gasteiger partial charge in [-0.25, -0.2) is 4.98 Å². The Bertz CT molecular complexity index is 3090. The normalized spacial score (nSPS) is 13.8. The van der Waals surface area contributed by atoms with Gasteiger partial charge >= 0.3 is 0 Å². The molecule has 0 aliphatic rings. The van der Waals surface area contributed by atoms with Crippen LogP contribution in [-0.2, 0) is 31.9 Å². The van der Waals surface area contributed by atoms with Crippen LogP contribution in [0.4, 0.5) is 0 Å². The molecule has 0 bridgehead atoms. The molecule has 2 aromatic heterocycles. The van der Waals surface area contributed by atoms with E-state index < -0.39 is 47.8 Å². The Balaban J connectivity index is 0.00000612. The van der Waals surface area contributed by atoms with E-state index in [0.29, 0.717) is 33.6 Å². The Labute approximate surface area is 356 Å². The van der Waals surface area contributed by atoms with E-state index in [9.17, 15) is 6.48 Å².